The second-order valence-corrected chi connectivity index (χ2v) is 5.31. The summed E-state index contributed by atoms with van der Waals surface area (Å²) in [5.74, 6) is 0.423. The number of ether oxygens (including phenoxy) is 1. The molecule has 2 aromatic heterocycles. The van der Waals surface area contributed by atoms with Crippen LogP contribution in [0.3, 0.4) is 0 Å². The van der Waals surface area contributed by atoms with Gasteiger partial charge in [-0.1, -0.05) is 0 Å². The number of nitrogen functional groups attached to an aromatic ring is 2. The number of pyridine rings is 1. The fraction of sp³-hybridized carbons (Fsp3) is 0.500. The Kier molecular flexibility index (Phi) is 4.50. The van der Waals surface area contributed by atoms with Gasteiger partial charge in [0, 0.05) is 18.8 Å². The lowest BCUT2D eigenvalue weighted by Gasteiger charge is -2.26. The van der Waals surface area contributed by atoms with Crippen molar-refractivity contribution in [2.75, 3.05) is 44.3 Å². The van der Waals surface area contributed by atoms with E-state index in [4.69, 9.17) is 16.2 Å². The van der Waals surface area contributed by atoms with Crippen molar-refractivity contribution in [2.45, 2.75) is 12.8 Å². The smallest absolute Gasteiger partial charge is 0.241 e. The molecule has 1 aliphatic rings. The first kappa shape index (κ1) is 14.7. The van der Waals surface area contributed by atoms with Crippen LogP contribution in [-0.4, -0.2) is 57.5 Å². The molecule has 4 N–H and O–H groups in total. The van der Waals surface area contributed by atoms with E-state index in [1.807, 2.05) is 12.1 Å². The van der Waals surface area contributed by atoms with Crippen LogP contribution < -0.4 is 11.5 Å². The zero-order chi connectivity index (χ0) is 15.4. The van der Waals surface area contributed by atoms with Crippen LogP contribution in [0.1, 0.15) is 12.1 Å². The largest absolute Gasteiger partial charge is 0.379 e. The van der Waals surface area contributed by atoms with Crippen molar-refractivity contribution >= 4 is 11.9 Å². The highest BCUT2D eigenvalue weighted by Crippen LogP contribution is 2.12. The minimum Gasteiger partial charge on any atom is -0.379 e. The molecule has 3 heterocycles. The Morgan fingerprint density at radius 2 is 2.00 bits per heavy atom. The van der Waals surface area contributed by atoms with Crippen molar-refractivity contribution in [3.63, 3.8) is 0 Å². The minimum atomic E-state index is 0.159. The fourth-order valence-electron chi connectivity index (χ4n) is 2.53. The Balaban J connectivity index is 1.54. The van der Waals surface area contributed by atoms with Crippen LogP contribution in [0.5, 0.6) is 0 Å². The molecule has 0 bridgehead atoms. The number of rotatable bonds is 5. The van der Waals surface area contributed by atoms with Gasteiger partial charge in [0.15, 0.2) is 0 Å². The summed E-state index contributed by atoms with van der Waals surface area (Å²) in [6, 6.07) is 3.92. The molecular weight excluding hydrogens is 282 g/mol. The monoisotopic (exact) mass is 303 g/mol. The highest BCUT2D eigenvalue weighted by atomic mass is 16.5. The molecule has 0 aliphatic carbocycles. The highest BCUT2D eigenvalue weighted by molar-refractivity contribution is 5.39. The SMILES string of the molecule is Nc1nc(N)n(-c2ccc(CCCN3CCOCC3)nc2)n1. The average Bonchev–Trinajstić information content (AvgIpc) is 2.88. The van der Waals surface area contributed by atoms with Gasteiger partial charge in [0.1, 0.15) is 0 Å². The third-order valence-electron chi connectivity index (χ3n) is 3.71. The Labute approximate surface area is 129 Å². The molecule has 0 unspecified atom stereocenters. The van der Waals surface area contributed by atoms with E-state index >= 15 is 0 Å². The molecule has 0 spiro atoms. The quantitative estimate of drug-likeness (QED) is 0.806. The van der Waals surface area contributed by atoms with Crippen LogP contribution in [0.25, 0.3) is 5.69 Å². The maximum atomic E-state index is 5.74. The molecular formula is C14H21N7O. The summed E-state index contributed by atoms with van der Waals surface area (Å²) in [5.41, 5.74) is 13.1. The number of nitrogens with zero attached hydrogens (tertiary/aromatic N) is 5. The van der Waals surface area contributed by atoms with Crippen molar-refractivity contribution in [1.82, 2.24) is 24.6 Å². The summed E-state index contributed by atoms with van der Waals surface area (Å²) < 4.78 is 6.83. The third kappa shape index (κ3) is 3.52. The van der Waals surface area contributed by atoms with Gasteiger partial charge in [0.2, 0.25) is 11.9 Å². The van der Waals surface area contributed by atoms with Crippen LogP contribution in [-0.2, 0) is 11.2 Å². The van der Waals surface area contributed by atoms with Crippen molar-refractivity contribution < 1.29 is 4.74 Å². The van der Waals surface area contributed by atoms with Crippen LogP contribution in [0, 0.1) is 0 Å². The standard InChI is InChI=1S/C14H21N7O/c15-13-18-14(16)21(19-13)12-4-3-11(17-10-12)2-1-5-20-6-8-22-9-7-20/h3-4,10H,1-2,5-9H2,(H4,15,16,18,19). The van der Waals surface area contributed by atoms with E-state index in [-0.39, 0.29) is 11.9 Å². The molecule has 3 rings (SSSR count). The number of morpholine rings is 1. The molecule has 118 valence electrons. The Hall–Kier alpha value is -2.19. The van der Waals surface area contributed by atoms with E-state index < -0.39 is 0 Å². The van der Waals surface area contributed by atoms with Gasteiger partial charge in [-0.25, -0.2) is 0 Å². The van der Waals surface area contributed by atoms with Crippen molar-refractivity contribution in [1.29, 1.82) is 0 Å². The van der Waals surface area contributed by atoms with Crippen LogP contribution >= 0.6 is 0 Å². The summed E-state index contributed by atoms with van der Waals surface area (Å²) in [6.45, 7) is 4.82. The van der Waals surface area contributed by atoms with Gasteiger partial charge >= 0.3 is 0 Å². The lowest BCUT2D eigenvalue weighted by Crippen LogP contribution is -2.36. The molecule has 0 amide bonds. The van der Waals surface area contributed by atoms with Gasteiger partial charge in [-0.05, 0) is 31.5 Å². The number of aromatic nitrogens is 4. The first-order valence-electron chi connectivity index (χ1n) is 7.46. The lowest BCUT2D eigenvalue weighted by molar-refractivity contribution is 0.0374. The van der Waals surface area contributed by atoms with E-state index in [0.717, 1.165) is 57.1 Å². The molecule has 1 aliphatic heterocycles. The van der Waals surface area contributed by atoms with Crippen LogP contribution in [0.15, 0.2) is 18.3 Å². The second kappa shape index (κ2) is 6.71. The fourth-order valence-corrected chi connectivity index (χ4v) is 2.53. The Morgan fingerprint density at radius 1 is 1.18 bits per heavy atom. The van der Waals surface area contributed by atoms with Gasteiger partial charge in [-0.2, -0.15) is 9.67 Å². The lowest BCUT2D eigenvalue weighted by atomic mass is 10.2. The topological polar surface area (TPSA) is 108 Å². The normalized spacial score (nSPS) is 16.0. The first-order chi connectivity index (χ1) is 10.7. The Bertz CT molecular complexity index is 604. The molecule has 0 aromatic carbocycles. The van der Waals surface area contributed by atoms with Gasteiger partial charge in [0.25, 0.3) is 0 Å². The predicted molar refractivity (Wildman–Crippen MR) is 83.6 cm³/mol. The van der Waals surface area contributed by atoms with Crippen molar-refractivity contribution in [3.8, 4) is 5.69 Å². The number of hydrogen-bond donors (Lipinski definition) is 2. The van der Waals surface area contributed by atoms with Gasteiger partial charge in [-0.15, -0.1) is 5.10 Å². The molecule has 22 heavy (non-hydrogen) atoms. The molecule has 1 fully saturated rings. The molecule has 2 aromatic rings. The molecule has 0 atom stereocenters. The highest BCUT2D eigenvalue weighted by Gasteiger charge is 2.10. The summed E-state index contributed by atoms with van der Waals surface area (Å²) >= 11 is 0. The van der Waals surface area contributed by atoms with Gasteiger partial charge < -0.3 is 16.2 Å². The third-order valence-corrected chi connectivity index (χ3v) is 3.71. The van der Waals surface area contributed by atoms with Gasteiger partial charge in [-0.3, -0.25) is 9.88 Å². The molecule has 8 heteroatoms. The molecule has 1 saturated heterocycles. The molecule has 0 radical (unpaired) electrons. The first-order valence-corrected chi connectivity index (χ1v) is 7.46. The maximum Gasteiger partial charge on any atom is 0.241 e. The maximum absolute atomic E-state index is 5.74. The predicted octanol–water partition coefficient (Wildman–Crippen LogP) is 0.0915. The average molecular weight is 303 g/mol. The summed E-state index contributed by atoms with van der Waals surface area (Å²) in [5, 5.41) is 4.03. The number of anilines is 2. The van der Waals surface area contributed by atoms with Crippen LogP contribution in [0.2, 0.25) is 0 Å². The number of nitrogens with two attached hydrogens (primary N) is 2. The zero-order valence-electron chi connectivity index (χ0n) is 12.5. The number of aryl methyl sites for hydroxylation is 1. The zero-order valence-corrected chi connectivity index (χ0v) is 12.5. The number of hydrogen-bond acceptors (Lipinski definition) is 7. The van der Waals surface area contributed by atoms with Crippen molar-refractivity contribution in [2.24, 2.45) is 0 Å². The van der Waals surface area contributed by atoms with Crippen LogP contribution in [0.4, 0.5) is 11.9 Å². The van der Waals surface area contributed by atoms with E-state index in [1.54, 1.807) is 6.20 Å². The molecule has 8 nitrogen and oxygen atoms in total. The second-order valence-electron chi connectivity index (χ2n) is 5.31. The van der Waals surface area contributed by atoms with Crippen molar-refractivity contribution in [3.05, 3.63) is 24.0 Å². The summed E-state index contributed by atoms with van der Waals surface area (Å²) in [7, 11) is 0. The summed E-state index contributed by atoms with van der Waals surface area (Å²) in [4.78, 5) is 10.8. The van der Waals surface area contributed by atoms with E-state index in [2.05, 4.69) is 20.0 Å². The van der Waals surface area contributed by atoms with E-state index in [1.165, 1.54) is 4.68 Å². The van der Waals surface area contributed by atoms with E-state index in [9.17, 15) is 0 Å². The molecule has 0 saturated carbocycles. The minimum absolute atomic E-state index is 0.159. The van der Waals surface area contributed by atoms with E-state index in [0.29, 0.717) is 0 Å². The Morgan fingerprint density at radius 3 is 2.64 bits per heavy atom. The summed E-state index contributed by atoms with van der Waals surface area (Å²) in [6.07, 6.45) is 3.78. The van der Waals surface area contributed by atoms with Gasteiger partial charge in [0.05, 0.1) is 25.1 Å².